The fourth-order valence-electron chi connectivity index (χ4n) is 1.61. The van der Waals surface area contributed by atoms with Crippen molar-refractivity contribution in [2.45, 2.75) is 12.3 Å². The monoisotopic (exact) mass is 247 g/mol. The van der Waals surface area contributed by atoms with Crippen molar-refractivity contribution in [3.05, 3.63) is 33.8 Å². The molecule has 4 heteroatoms. The molecular formula is C11H15Cl2NO. The number of aliphatic hydroxyl groups excluding tert-OH is 1. The highest BCUT2D eigenvalue weighted by atomic mass is 35.5. The lowest BCUT2D eigenvalue weighted by atomic mass is 9.83. The predicted octanol–water partition coefficient (Wildman–Crippen LogP) is 2.46. The summed E-state index contributed by atoms with van der Waals surface area (Å²) in [4.78, 5) is 0. The van der Waals surface area contributed by atoms with Gasteiger partial charge in [0, 0.05) is 22.0 Å². The zero-order chi connectivity index (χ0) is 11.5. The Balaban J connectivity index is 3.12. The summed E-state index contributed by atoms with van der Waals surface area (Å²) in [7, 11) is 1.84. The molecule has 2 nitrogen and oxygen atoms in total. The Bertz CT molecular complexity index is 343. The third-order valence-electron chi connectivity index (χ3n) is 2.50. The second-order valence-electron chi connectivity index (χ2n) is 3.87. The first kappa shape index (κ1) is 12.8. The molecule has 0 aliphatic rings. The summed E-state index contributed by atoms with van der Waals surface area (Å²) < 4.78 is 0. The third-order valence-corrected chi connectivity index (χ3v) is 3.05. The first-order chi connectivity index (χ1) is 7.03. The van der Waals surface area contributed by atoms with E-state index in [4.69, 9.17) is 23.2 Å². The van der Waals surface area contributed by atoms with Gasteiger partial charge in [-0.2, -0.15) is 0 Å². The maximum atomic E-state index is 9.43. The molecule has 84 valence electrons. The number of halogens is 2. The zero-order valence-corrected chi connectivity index (χ0v) is 10.4. The topological polar surface area (TPSA) is 32.3 Å². The van der Waals surface area contributed by atoms with Crippen molar-refractivity contribution in [1.29, 1.82) is 0 Å². The lowest BCUT2D eigenvalue weighted by Crippen LogP contribution is -2.37. The van der Waals surface area contributed by atoms with Gasteiger partial charge >= 0.3 is 0 Å². The molecule has 1 unspecified atom stereocenters. The molecule has 0 aromatic heterocycles. The number of likely N-dealkylation sites (N-methyl/N-ethyl adjacent to an activating group) is 1. The molecule has 0 heterocycles. The van der Waals surface area contributed by atoms with Crippen LogP contribution < -0.4 is 5.32 Å². The number of aliphatic hydroxyl groups is 1. The van der Waals surface area contributed by atoms with Gasteiger partial charge in [0.05, 0.1) is 6.61 Å². The lowest BCUT2D eigenvalue weighted by Gasteiger charge is -2.28. The van der Waals surface area contributed by atoms with Gasteiger partial charge in [0.1, 0.15) is 0 Å². The van der Waals surface area contributed by atoms with Crippen LogP contribution in [0.2, 0.25) is 10.0 Å². The Hall–Kier alpha value is -0.280. The predicted molar refractivity (Wildman–Crippen MR) is 64.8 cm³/mol. The van der Waals surface area contributed by atoms with E-state index in [1.807, 2.05) is 20.0 Å². The van der Waals surface area contributed by atoms with Gasteiger partial charge in [0.15, 0.2) is 0 Å². The van der Waals surface area contributed by atoms with Gasteiger partial charge in [-0.05, 0) is 24.7 Å². The molecule has 0 radical (unpaired) electrons. The second kappa shape index (κ2) is 5.17. The minimum atomic E-state index is -0.379. The average Bonchev–Trinajstić information content (AvgIpc) is 2.17. The van der Waals surface area contributed by atoms with Crippen LogP contribution in [0.5, 0.6) is 0 Å². The summed E-state index contributed by atoms with van der Waals surface area (Å²) in [5.41, 5.74) is 0.529. The van der Waals surface area contributed by atoms with Crippen LogP contribution in [0.25, 0.3) is 0 Å². The van der Waals surface area contributed by atoms with Crippen LogP contribution in [0, 0.1) is 0 Å². The molecular weight excluding hydrogens is 233 g/mol. The lowest BCUT2D eigenvalue weighted by molar-refractivity contribution is 0.204. The highest BCUT2D eigenvalue weighted by molar-refractivity contribution is 6.35. The summed E-state index contributed by atoms with van der Waals surface area (Å²) in [5, 5.41) is 13.7. The van der Waals surface area contributed by atoms with Crippen molar-refractivity contribution in [3.8, 4) is 0 Å². The van der Waals surface area contributed by atoms with Gasteiger partial charge in [0.25, 0.3) is 0 Å². The highest BCUT2D eigenvalue weighted by Crippen LogP contribution is 2.31. The van der Waals surface area contributed by atoms with Crippen LogP contribution in [0.3, 0.4) is 0 Å². The third kappa shape index (κ3) is 2.85. The summed E-state index contributed by atoms with van der Waals surface area (Å²) in [6.07, 6.45) is 0. The van der Waals surface area contributed by atoms with Crippen molar-refractivity contribution < 1.29 is 5.11 Å². The molecule has 0 saturated heterocycles. The molecule has 0 saturated carbocycles. The smallest absolute Gasteiger partial charge is 0.0538 e. The van der Waals surface area contributed by atoms with Gasteiger partial charge < -0.3 is 10.4 Å². The van der Waals surface area contributed by atoms with Gasteiger partial charge in [-0.15, -0.1) is 0 Å². The zero-order valence-electron chi connectivity index (χ0n) is 8.85. The molecule has 1 aromatic rings. The number of benzene rings is 1. The molecule has 0 amide bonds. The Labute approximate surface area is 100 Å². The quantitative estimate of drug-likeness (QED) is 0.857. The van der Waals surface area contributed by atoms with Crippen molar-refractivity contribution >= 4 is 23.2 Å². The van der Waals surface area contributed by atoms with Gasteiger partial charge in [0.2, 0.25) is 0 Å². The molecule has 1 rings (SSSR count). The van der Waals surface area contributed by atoms with E-state index in [2.05, 4.69) is 5.32 Å². The number of rotatable bonds is 4. The van der Waals surface area contributed by atoms with Crippen LogP contribution in [-0.4, -0.2) is 25.3 Å². The molecule has 0 bridgehead atoms. The SMILES string of the molecule is CNCC(C)(CO)c1ccc(Cl)cc1Cl. The van der Waals surface area contributed by atoms with Gasteiger partial charge in [-0.3, -0.25) is 0 Å². The van der Waals surface area contributed by atoms with Gasteiger partial charge in [-0.1, -0.05) is 36.2 Å². The van der Waals surface area contributed by atoms with Crippen LogP contribution in [-0.2, 0) is 5.41 Å². The maximum absolute atomic E-state index is 9.43. The van der Waals surface area contributed by atoms with E-state index in [-0.39, 0.29) is 12.0 Å². The number of hydrogen-bond donors (Lipinski definition) is 2. The van der Waals surface area contributed by atoms with E-state index >= 15 is 0 Å². The van der Waals surface area contributed by atoms with Crippen LogP contribution in [0.4, 0.5) is 0 Å². The number of nitrogens with one attached hydrogen (secondary N) is 1. The standard InChI is InChI=1S/C11H15Cl2NO/c1-11(7-15,6-14-2)9-4-3-8(12)5-10(9)13/h3-5,14-15H,6-7H2,1-2H3. The van der Waals surface area contributed by atoms with Crippen molar-refractivity contribution in [3.63, 3.8) is 0 Å². The molecule has 15 heavy (non-hydrogen) atoms. The molecule has 0 spiro atoms. The minimum absolute atomic E-state index is 0.0369. The Kier molecular flexibility index (Phi) is 4.41. The molecule has 0 aliphatic heterocycles. The summed E-state index contributed by atoms with van der Waals surface area (Å²) in [5.74, 6) is 0. The average molecular weight is 248 g/mol. The van der Waals surface area contributed by atoms with Gasteiger partial charge in [-0.25, -0.2) is 0 Å². The molecule has 1 aromatic carbocycles. The normalized spacial score (nSPS) is 15.0. The highest BCUT2D eigenvalue weighted by Gasteiger charge is 2.27. The summed E-state index contributed by atoms with van der Waals surface area (Å²) in [6, 6.07) is 5.34. The summed E-state index contributed by atoms with van der Waals surface area (Å²) >= 11 is 11.9. The van der Waals surface area contributed by atoms with E-state index in [1.165, 1.54) is 0 Å². The minimum Gasteiger partial charge on any atom is -0.395 e. The Morgan fingerprint density at radius 1 is 1.40 bits per heavy atom. The molecule has 2 N–H and O–H groups in total. The summed E-state index contributed by atoms with van der Waals surface area (Å²) in [6.45, 7) is 2.65. The van der Waals surface area contributed by atoms with E-state index in [1.54, 1.807) is 12.1 Å². The van der Waals surface area contributed by atoms with Crippen LogP contribution in [0.15, 0.2) is 18.2 Å². The van der Waals surface area contributed by atoms with Crippen LogP contribution in [0.1, 0.15) is 12.5 Å². The Morgan fingerprint density at radius 3 is 2.53 bits per heavy atom. The molecule has 0 fully saturated rings. The fraction of sp³-hybridized carbons (Fsp3) is 0.455. The van der Waals surface area contributed by atoms with Crippen molar-refractivity contribution in [2.24, 2.45) is 0 Å². The fourth-order valence-corrected chi connectivity index (χ4v) is 2.24. The van der Waals surface area contributed by atoms with E-state index in [0.717, 1.165) is 5.56 Å². The molecule has 0 aliphatic carbocycles. The largest absolute Gasteiger partial charge is 0.395 e. The maximum Gasteiger partial charge on any atom is 0.0538 e. The van der Waals surface area contributed by atoms with Crippen LogP contribution >= 0.6 is 23.2 Å². The van der Waals surface area contributed by atoms with Crippen molar-refractivity contribution in [1.82, 2.24) is 5.32 Å². The van der Waals surface area contributed by atoms with E-state index < -0.39 is 0 Å². The first-order valence-electron chi connectivity index (χ1n) is 4.74. The Morgan fingerprint density at radius 2 is 2.07 bits per heavy atom. The van der Waals surface area contributed by atoms with E-state index in [0.29, 0.717) is 16.6 Å². The number of hydrogen-bond acceptors (Lipinski definition) is 2. The first-order valence-corrected chi connectivity index (χ1v) is 5.50. The van der Waals surface area contributed by atoms with Crippen molar-refractivity contribution in [2.75, 3.05) is 20.2 Å². The second-order valence-corrected chi connectivity index (χ2v) is 4.72. The van der Waals surface area contributed by atoms with E-state index in [9.17, 15) is 5.11 Å². The molecule has 1 atom stereocenters.